The van der Waals surface area contributed by atoms with Crippen molar-refractivity contribution in [3.63, 3.8) is 0 Å². The van der Waals surface area contributed by atoms with E-state index in [0.717, 1.165) is 44.9 Å². The maximum atomic E-state index is 12.5. The summed E-state index contributed by atoms with van der Waals surface area (Å²) in [5, 5.41) is 23.3. The second kappa shape index (κ2) is 72.6. The van der Waals surface area contributed by atoms with E-state index in [4.69, 9.17) is 4.74 Å². The van der Waals surface area contributed by atoms with Gasteiger partial charge in [-0.2, -0.15) is 0 Å². The lowest BCUT2D eigenvalue weighted by molar-refractivity contribution is -0.143. The lowest BCUT2D eigenvalue weighted by Crippen LogP contribution is -2.45. The number of aliphatic hydroxyl groups is 2. The quantitative estimate of drug-likeness (QED) is 0.0320. The largest absolute Gasteiger partial charge is 0.466 e. The van der Waals surface area contributed by atoms with E-state index in [1.807, 2.05) is 6.08 Å². The average Bonchev–Trinajstić information content (AvgIpc) is 3.50. The maximum absolute atomic E-state index is 12.5. The Bertz CT molecular complexity index is 1340. The number of unbranched alkanes of at least 4 members (excludes halogenated alkanes) is 56. The van der Waals surface area contributed by atoms with Gasteiger partial charge in [0.25, 0.3) is 0 Å². The van der Waals surface area contributed by atoms with E-state index in [0.29, 0.717) is 19.4 Å². The highest BCUT2D eigenvalue weighted by Crippen LogP contribution is 2.19. The topological polar surface area (TPSA) is 95.9 Å². The molecule has 83 heavy (non-hydrogen) atoms. The predicted molar refractivity (Wildman–Crippen MR) is 366 cm³/mol. The summed E-state index contributed by atoms with van der Waals surface area (Å²) < 4.78 is 5.47. The van der Waals surface area contributed by atoms with E-state index in [9.17, 15) is 19.8 Å². The molecule has 0 aliphatic heterocycles. The molecule has 0 aromatic carbocycles. The summed E-state index contributed by atoms with van der Waals surface area (Å²) in [6.07, 6.45) is 93.9. The highest BCUT2D eigenvalue weighted by molar-refractivity contribution is 5.76. The van der Waals surface area contributed by atoms with E-state index in [1.165, 1.54) is 347 Å². The van der Waals surface area contributed by atoms with Crippen molar-refractivity contribution in [3.8, 4) is 0 Å². The molecular formula is C77H147NO5. The fraction of sp³-hybridized carbons (Fsp3) is 0.896. The van der Waals surface area contributed by atoms with E-state index in [1.54, 1.807) is 6.08 Å². The van der Waals surface area contributed by atoms with Crippen molar-refractivity contribution in [2.45, 2.75) is 431 Å². The molecule has 0 aromatic heterocycles. The molecule has 0 heterocycles. The normalized spacial score (nSPS) is 12.7. The molecule has 6 heteroatoms. The van der Waals surface area contributed by atoms with Gasteiger partial charge in [0.2, 0.25) is 5.91 Å². The van der Waals surface area contributed by atoms with Crippen LogP contribution in [0.3, 0.4) is 0 Å². The first-order valence-corrected chi connectivity index (χ1v) is 37.8. The zero-order chi connectivity index (χ0) is 59.9. The third kappa shape index (κ3) is 69.1. The minimum atomic E-state index is -0.845. The summed E-state index contributed by atoms with van der Waals surface area (Å²) in [7, 11) is 0. The van der Waals surface area contributed by atoms with Gasteiger partial charge in [-0.3, -0.25) is 9.59 Å². The maximum Gasteiger partial charge on any atom is 0.305 e. The van der Waals surface area contributed by atoms with Gasteiger partial charge in [-0.05, 0) is 64.2 Å². The minimum absolute atomic E-state index is 0.0141. The molecule has 0 saturated carbocycles. The van der Waals surface area contributed by atoms with Crippen LogP contribution in [0.5, 0.6) is 0 Å². The molecule has 0 fully saturated rings. The fourth-order valence-electron chi connectivity index (χ4n) is 11.9. The molecule has 0 spiro atoms. The molecule has 0 rings (SSSR count). The molecule has 0 saturated heterocycles. The molecule has 3 N–H and O–H groups in total. The van der Waals surface area contributed by atoms with Crippen LogP contribution in [0.25, 0.3) is 0 Å². The molecular weight excluding hydrogens is 1020 g/mol. The number of aliphatic hydroxyl groups excluding tert-OH is 2. The van der Waals surface area contributed by atoms with Crippen LogP contribution in [0.4, 0.5) is 0 Å². The van der Waals surface area contributed by atoms with E-state index < -0.39 is 12.1 Å². The van der Waals surface area contributed by atoms with Crippen molar-refractivity contribution in [1.82, 2.24) is 5.32 Å². The van der Waals surface area contributed by atoms with Gasteiger partial charge in [0, 0.05) is 12.8 Å². The average molecular weight is 1170 g/mol. The zero-order valence-corrected chi connectivity index (χ0v) is 56.2. The highest BCUT2D eigenvalue weighted by atomic mass is 16.5. The van der Waals surface area contributed by atoms with Crippen molar-refractivity contribution in [2.75, 3.05) is 13.2 Å². The summed E-state index contributed by atoms with van der Waals surface area (Å²) in [4.78, 5) is 24.5. The summed E-state index contributed by atoms with van der Waals surface area (Å²) in [5.41, 5.74) is 0. The van der Waals surface area contributed by atoms with Crippen LogP contribution in [-0.4, -0.2) is 47.4 Å². The Hall–Kier alpha value is -1.92. The third-order valence-electron chi connectivity index (χ3n) is 17.7. The molecule has 0 aromatic rings. The van der Waals surface area contributed by atoms with Crippen molar-refractivity contribution in [2.24, 2.45) is 0 Å². The molecule has 0 bridgehead atoms. The molecule has 0 aliphatic carbocycles. The molecule has 2 atom stereocenters. The fourth-order valence-corrected chi connectivity index (χ4v) is 11.9. The van der Waals surface area contributed by atoms with Crippen LogP contribution in [-0.2, 0) is 14.3 Å². The smallest absolute Gasteiger partial charge is 0.305 e. The Morgan fingerprint density at radius 1 is 0.337 bits per heavy atom. The van der Waals surface area contributed by atoms with Crippen LogP contribution in [0.15, 0.2) is 36.5 Å². The van der Waals surface area contributed by atoms with Gasteiger partial charge in [-0.1, -0.05) is 378 Å². The number of hydrogen-bond acceptors (Lipinski definition) is 5. The second-order valence-electron chi connectivity index (χ2n) is 26.0. The first-order chi connectivity index (χ1) is 41.0. The number of ether oxygens (including phenoxy) is 1. The molecule has 6 nitrogen and oxygen atoms in total. The van der Waals surface area contributed by atoms with Crippen molar-refractivity contribution < 1.29 is 24.5 Å². The van der Waals surface area contributed by atoms with Gasteiger partial charge < -0.3 is 20.3 Å². The van der Waals surface area contributed by atoms with Crippen LogP contribution in [0.2, 0.25) is 0 Å². The second-order valence-corrected chi connectivity index (χ2v) is 26.0. The van der Waals surface area contributed by atoms with Gasteiger partial charge in [-0.15, -0.1) is 0 Å². The SMILES string of the molecule is CCCCCCCCCCCCCCCCCCCCCC/C=C/C(O)C(CO)NC(=O)CCCCCCCCCCCCCCCCCCC/C=C\C/C=C\CCCCCCCCCCCOC(=O)CCCCCCCCCCCCC. The summed E-state index contributed by atoms with van der Waals surface area (Å²) in [6, 6.07) is -0.628. The van der Waals surface area contributed by atoms with E-state index in [-0.39, 0.29) is 18.5 Å². The Balaban J connectivity index is 3.41. The van der Waals surface area contributed by atoms with Crippen LogP contribution in [0.1, 0.15) is 418 Å². The number of carbonyl (C=O) groups is 2. The highest BCUT2D eigenvalue weighted by Gasteiger charge is 2.18. The van der Waals surface area contributed by atoms with Gasteiger partial charge in [-0.25, -0.2) is 0 Å². The van der Waals surface area contributed by atoms with Crippen LogP contribution < -0.4 is 5.32 Å². The number of carbonyl (C=O) groups excluding carboxylic acids is 2. The molecule has 0 aliphatic rings. The van der Waals surface area contributed by atoms with Crippen LogP contribution >= 0.6 is 0 Å². The lowest BCUT2D eigenvalue weighted by Gasteiger charge is -2.20. The molecule has 490 valence electrons. The van der Waals surface area contributed by atoms with Gasteiger partial charge in [0.05, 0.1) is 25.4 Å². The lowest BCUT2D eigenvalue weighted by atomic mass is 10.0. The molecule has 1 amide bonds. The van der Waals surface area contributed by atoms with E-state index in [2.05, 4.69) is 43.5 Å². The summed E-state index contributed by atoms with van der Waals surface area (Å²) >= 11 is 0. The monoisotopic (exact) mass is 1170 g/mol. The predicted octanol–water partition coefficient (Wildman–Crippen LogP) is 24.7. The Labute approximate surface area is 519 Å². The van der Waals surface area contributed by atoms with Crippen molar-refractivity contribution >= 4 is 11.9 Å². The first-order valence-electron chi connectivity index (χ1n) is 37.8. The summed E-state index contributed by atoms with van der Waals surface area (Å²) in [6.45, 7) is 4.94. The Morgan fingerprint density at radius 3 is 0.916 bits per heavy atom. The standard InChI is InChI=1S/C77H147NO5/c1-3-5-7-9-11-13-15-16-17-18-19-20-34-37-40-43-46-50-53-57-61-65-69-75(80)74(73-79)78-76(81)70-66-62-58-54-51-47-44-41-38-35-32-30-28-26-24-22-21-23-25-27-29-31-33-36-39-42-45-48-52-56-60-64-68-72-83-77(82)71-67-63-59-55-49-14-12-10-8-6-4-2/h25,27,31,33,65,69,74-75,79-80H,3-24,26,28-30,32,34-64,66-68,70-73H2,1-2H3,(H,78,81)/b27-25-,33-31-,69-65+. The van der Waals surface area contributed by atoms with Crippen molar-refractivity contribution in [1.29, 1.82) is 0 Å². The number of amides is 1. The van der Waals surface area contributed by atoms with Crippen molar-refractivity contribution in [3.05, 3.63) is 36.5 Å². The number of rotatable bonds is 71. The van der Waals surface area contributed by atoms with Gasteiger partial charge in [0.1, 0.15) is 0 Å². The summed E-state index contributed by atoms with van der Waals surface area (Å²) in [5.74, 6) is -0.0476. The van der Waals surface area contributed by atoms with Crippen LogP contribution in [0, 0.1) is 0 Å². The van der Waals surface area contributed by atoms with E-state index >= 15 is 0 Å². The Kier molecular flexibility index (Phi) is 70.9. The van der Waals surface area contributed by atoms with Gasteiger partial charge in [0.15, 0.2) is 0 Å². The number of esters is 1. The first kappa shape index (κ1) is 81.1. The minimum Gasteiger partial charge on any atom is -0.466 e. The number of hydrogen-bond donors (Lipinski definition) is 3. The molecule has 0 radical (unpaired) electrons. The molecule has 2 unspecified atom stereocenters. The van der Waals surface area contributed by atoms with Gasteiger partial charge >= 0.3 is 5.97 Å². The zero-order valence-electron chi connectivity index (χ0n) is 56.2. The number of allylic oxidation sites excluding steroid dienone is 5. The number of nitrogens with one attached hydrogen (secondary N) is 1. The third-order valence-corrected chi connectivity index (χ3v) is 17.7. The Morgan fingerprint density at radius 2 is 0.602 bits per heavy atom.